The number of rotatable bonds is 1. The predicted octanol–water partition coefficient (Wildman–Crippen LogP) is -1.05. The van der Waals surface area contributed by atoms with Crippen LogP contribution in [0.4, 0.5) is 0 Å². The molecular formula is C4H10O3SrTi. The summed E-state index contributed by atoms with van der Waals surface area (Å²) in [4.78, 5) is 9.12. The molecule has 0 heterocycles. The van der Waals surface area contributed by atoms with Gasteiger partial charge in [0.25, 0.3) is 0 Å². The molecule has 0 radical (unpaired) electrons. The molecule has 0 aromatic heterocycles. The fraction of sp³-hybridized carbons (Fsp3) is 0.250. The molecule has 9 heavy (non-hydrogen) atoms. The molecule has 0 aliphatic rings. The van der Waals surface area contributed by atoms with E-state index in [2.05, 4.69) is 13.2 Å². The second kappa shape index (κ2) is 22.8. The van der Waals surface area contributed by atoms with E-state index in [-0.39, 0.29) is 67.2 Å². The maximum atomic E-state index is 9.12. The maximum Gasteiger partial charge on any atom is 0 e. The average Bonchev–Trinajstić information content (AvgIpc) is 1.73. The zero-order chi connectivity index (χ0) is 6.28. The average molecular weight is 242 g/mol. The molecule has 5 heteroatoms. The van der Waals surface area contributed by atoms with Crippen molar-refractivity contribution in [3.63, 3.8) is 0 Å². The fourth-order valence-electron chi connectivity index (χ4n) is 0. The third kappa shape index (κ3) is 44.9. The van der Waals surface area contributed by atoms with Gasteiger partial charge in [-0.05, 0) is 0 Å². The zero-order valence-electron chi connectivity index (χ0n) is 4.42. The van der Waals surface area contributed by atoms with E-state index in [4.69, 9.17) is 15.0 Å². The summed E-state index contributed by atoms with van der Waals surface area (Å²) in [5.41, 5.74) is 0. The Morgan fingerprint density at radius 2 is 1.56 bits per heavy atom. The molecular weight excluding hydrogens is 232 g/mol. The molecule has 50 valence electrons. The first kappa shape index (κ1) is 22.4. The molecule has 0 spiro atoms. The Bertz CT molecular complexity index is 59.8. The third-order valence-electron chi connectivity index (χ3n) is 0.135. The van der Waals surface area contributed by atoms with Crippen LogP contribution in [0, 0.1) is 0 Å². The molecule has 3 nitrogen and oxygen atoms in total. The number of carboxylic acid groups (broad SMARTS) is 1. The second-order valence-corrected chi connectivity index (χ2v) is 0.552. The largest absolute Gasteiger partial charge is 0 e. The van der Waals surface area contributed by atoms with Crippen molar-refractivity contribution in [2.24, 2.45) is 0 Å². The van der Waals surface area contributed by atoms with Crippen LogP contribution < -0.4 is 0 Å². The van der Waals surface area contributed by atoms with E-state index in [0.29, 0.717) is 0 Å². The van der Waals surface area contributed by atoms with Gasteiger partial charge >= 0.3 is 51.5 Å². The van der Waals surface area contributed by atoms with Crippen LogP contribution >= 0.6 is 0 Å². The van der Waals surface area contributed by atoms with E-state index >= 15 is 0 Å². The van der Waals surface area contributed by atoms with Crippen molar-refractivity contribution in [3.8, 4) is 0 Å². The van der Waals surface area contributed by atoms with Crippen LogP contribution in [0.2, 0.25) is 0 Å². The zero-order valence-corrected chi connectivity index (χ0v) is 5.99. The van der Waals surface area contributed by atoms with E-state index in [1.807, 2.05) is 0 Å². The van der Waals surface area contributed by atoms with Crippen molar-refractivity contribution in [2.75, 3.05) is 6.61 Å². The van der Waals surface area contributed by atoms with Gasteiger partial charge in [-0.3, -0.25) is 0 Å². The molecule has 0 aromatic carbocycles. The minimum absolute atomic E-state index is 0. The van der Waals surface area contributed by atoms with Gasteiger partial charge in [0.15, 0.2) is 0 Å². The molecule has 2 N–H and O–H groups in total. The number of aliphatic hydroxyl groups is 1. The monoisotopic (exact) mass is 242 g/mol. The molecule has 0 atom stereocenters. The van der Waals surface area contributed by atoms with Gasteiger partial charge < -0.3 is 10.2 Å². The van der Waals surface area contributed by atoms with Crippen molar-refractivity contribution >= 4 is 51.5 Å². The van der Waals surface area contributed by atoms with Crippen LogP contribution in [-0.2, 0) is 26.5 Å². The van der Waals surface area contributed by atoms with Gasteiger partial charge in [-0.25, -0.2) is 4.79 Å². The number of hydrogen-bond donors (Lipinski definition) is 2. The first-order valence-electron chi connectivity index (χ1n) is 1.60. The molecule has 0 fully saturated rings. The van der Waals surface area contributed by atoms with Gasteiger partial charge in [0.2, 0.25) is 0 Å². The minimum atomic E-state index is -1.19. The number of hydrogen-bond acceptors (Lipinski definition) is 2. The summed E-state index contributed by atoms with van der Waals surface area (Å²) in [7, 11) is 0. The summed E-state index contributed by atoms with van der Waals surface area (Å²) in [5, 5.41) is 15.0. The van der Waals surface area contributed by atoms with Crippen LogP contribution in [0.5, 0.6) is 0 Å². The Hall–Kier alpha value is 1.36. The van der Waals surface area contributed by atoms with E-state index < -0.39 is 12.6 Å². The summed E-state index contributed by atoms with van der Waals surface area (Å²) in [6, 6.07) is 0. The fourth-order valence-corrected chi connectivity index (χ4v) is 0. The summed E-state index contributed by atoms with van der Waals surface area (Å²) in [6.07, 6.45) is 0. The normalized spacial score (nSPS) is 4.56. The van der Waals surface area contributed by atoms with Crippen molar-refractivity contribution in [3.05, 3.63) is 13.2 Å². The second-order valence-electron chi connectivity index (χ2n) is 0.552. The van der Waals surface area contributed by atoms with Gasteiger partial charge in [0.1, 0.15) is 6.61 Å². The van der Waals surface area contributed by atoms with E-state index in [1.54, 1.807) is 0 Å². The smallest absolute Gasteiger partial charge is 0 e. The Kier molecular flexibility index (Phi) is 56.8. The molecule has 0 saturated heterocycles. The van der Waals surface area contributed by atoms with Gasteiger partial charge in [-0.1, -0.05) is 0 Å². The number of aliphatic carboxylic acids is 1. The molecule has 0 saturated carbocycles. The van der Waals surface area contributed by atoms with Gasteiger partial charge in [0, 0.05) is 21.7 Å². The molecule has 0 amide bonds. The van der Waals surface area contributed by atoms with E-state index in [0.717, 1.165) is 0 Å². The Labute approximate surface area is 106 Å². The van der Waals surface area contributed by atoms with Crippen LogP contribution in [-0.4, -0.2) is 68.3 Å². The van der Waals surface area contributed by atoms with Crippen LogP contribution in [0.1, 0.15) is 0 Å². The summed E-state index contributed by atoms with van der Waals surface area (Å²) < 4.78 is 0. The molecule has 0 aliphatic carbocycles. The molecule has 0 bridgehead atoms. The van der Waals surface area contributed by atoms with Gasteiger partial charge in [-0.2, -0.15) is 0 Å². The molecule has 0 rings (SSSR count). The van der Waals surface area contributed by atoms with E-state index in [9.17, 15) is 0 Å². The maximum absolute atomic E-state index is 9.12. The van der Waals surface area contributed by atoms with Gasteiger partial charge in [0.05, 0.1) is 0 Å². The number of aliphatic hydroxyl groups excluding tert-OH is 1. The minimum Gasteiger partial charge on any atom is 0 e. The summed E-state index contributed by atoms with van der Waals surface area (Å²) in [5.74, 6) is -1.19. The van der Waals surface area contributed by atoms with Gasteiger partial charge in [-0.15, -0.1) is 13.2 Å². The summed E-state index contributed by atoms with van der Waals surface area (Å²) in [6.45, 7) is 5.22. The Morgan fingerprint density at radius 1 is 1.44 bits per heavy atom. The molecule has 0 unspecified atom stereocenters. The van der Waals surface area contributed by atoms with Crippen molar-refractivity contribution < 1.29 is 36.7 Å². The molecule has 0 aliphatic heterocycles. The standard InChI is InChI=1S/C2H4O3.C2H4.Sr.Ti.2H/c3-1-2(4)5;1-2;;;;/h3H,1H2,(H,4,5);1-2H2;;;;. The third-order valence-corrected chi connectivity index (χ3v) is 0.135. The SMILES string of the molecule is C=C.O=C(O)CO.[SrH2].[Ti]. The Balaban J connectivity index is -0.0000000286. The van der Waals surface area contributed by atoms with Crippen LogP contribution in [0.15, 0.2) is 13.2 Å². The van der Waals surface area contributed by atoms with Crippen molar-refractivity contribution in [1.82, 2.24) is 0 Å². The predicted molar refractivity (Wildman–Crippen MR) is 34.5 cm³/mol. The number of carbonyl (C=O) groups is 1. The van der Waals surface area contributed by atoms with E-state index in [1.165, 1.54) is 0 Å². The number of carboxylic acids is 1. The topological polar surface area (TPSA) is 57.5 Å². The summed E-state index contributed by atoms with van der Waals surface area (Å²) >= 11 is 0. The van der Waals surface area contributed by atoms with Crippen molar-refractivity contribution in [2.45, 2.75) is 0 Å². The first-order chi connectivity index (χ1) is 3.27. The quantitative estimate of drug-likeness (QED) is 0.455. The Morgan fingerprint density at radius 3 is 1.56 bits per heavy atom. The molecule has 0 aromatic rings. The van der Waals surface area contributed by atoms with Crippen LogP contribution in [0.25, 0.3) is 0 Å². The van der Waals surface area contributed by atoms with Crippen LogP contribution in [0.3, 0.4) is 0 Å². The van der Waals surface area contributed by atoms with Crippen molar-refractivity contribution in [1.29, 1.82) is 0 Å². The first-order valence-corrected chi connectivity index (χ1v) is 1.60.